The molecular weight excluding hydrogens is 317 g/mol. The molecule has 1 N–H and O–H groups in total. The number of fused-ring (bicyclic) bond motifs is 1. The van der Waals surface area contributed by atoms with E-state index in [1.54, 1.807) is 13.8 Å². The largest absolute Gasteiger partial charge is 0.279 e. The fourth-order valence-electron chi connectivity index (χ4n) is 1.23. The van der Waals surface area contributed by atoms with Gasteiger partial charge in [-0.05, 0) is 19.9 Å². The van der Waals surface area contributed by atoms with Crippen LogP contribution < -0.4 is 4.72 Å². The molecule has 0 atom stereocenters. The van der Waals surface area contributed by atoms with E-state index in [4.69, 9.17) is 23.2 Å². The van der Waals surface area contributed by atoms with Gasteiger partial charge in [-0.25, -0.2) is 8.42 Å². The van der Waals surface area contributed by atoms with Gasteiger partial charge in [0.25, 0.3) is 0 Å². The standard InChI is InChI=1S/C9H9Cl2N3O2S2/c1-4(2)18(15,16)14-8-6(11)3-5(10)7-9(8)13-17-12-7/h3-4,14H,1-2H3. The van der Waals surface area contributed by atoms with Crippen molar-refractivity contribution in [3.05, 3.63) is 16.1 Å². The van der Waals surface area contributed by atoms with Gasteiger partial charge in [0.05, 0.1) is 32.7 Å². The molecule has 5 nitrogen and oxygen atoms in total. The minimum absolute atomic E-state index is 0.199. The Labute approximate surface area is 118 Å². The summed E-state index contributed by atoms with van der Waals surface area (Å²) in [6.45, 7) is 3.14. The smallest absolute Gasteiger partial charge is 0.235 e. The summed E-state index contributed by atoms with van der Waals surface area (Å²) in [5, 5.41) is -0.0356. The number of anilines is 1. The van der Waals surface area contributed by atoms with Gasteiger partial charge in [0.2, 0.25) is 10.0 Å². The van der Waals surface area contributed by atoms with Crippen LogP contribution in [0.15, 0.2) is 6.07 Å². The number of nitrogens with zero attached hydrogens (tertiary/aromatic N) is 2. The number of hydrogen-bond acceptors (Lipinski definition) is 5. The summed E-state index contributed by atoms with van der Waals surface area (Å²) in [5.41, 5.74) is 1.02. The highest BCUT2D eigenvalue weighted by Gasteiger charge is 2.21. The van der Waals surface area contributed by atoms with Gasteiger partial charge in [-0.15, -0.1) is 0 Å². The van der Waals surface area contributed by atoms with E-state index in [0.29, 0.717) is 16.1 Å². The zero-order valence-electron chi connectivity index (χ0n) is 9.44. The van der Waals surface area contributed by atoms with Crippen LogP contribution in [-0.4, -0.2) is 22.4 Å². The molecule has 9 heteroatoms. The number of rotatable bonds is 3. The molecule has 0 aliphatic heterocycles. The first-order valence-corrected chi connectivity index (χ1v) is 7.98. The van der Waals surface area contributed by atoms with Crippen LogP contribution in [0.4, 0.5) is 5.69 Å². The average Bonchev–Trinajstić information content (AvgIpc) is 2.73. The highest BCUT2D eigenvalue weighted by Crippen LogP contribution is 2.35. The Balaban J connectivity index is 2.62. The zero-order chi connectivity index (χ0) is 13.5. The molecule has 0 bridgehead atoms. The third-order valence-corrected chi connectivity index (χ3v) is 5.15. The van der Waals surface area contributed by atoms with E-state index in [2.05, 4.69) is 13.5 Å². The van der Waals surface area contributed by atoms with Gasteiger partial charge in [0, 0.05) is 0 Å². The first kappa shape index (κ1) is 13.8. The second-order valence-corrected chi connectivity index (χ2v) is 7.45. The summed E-state index contributed by atoms with van der Waals surface area (Å²) >= 11 is 12.9. The van der Waals surface area contributed by atoms with Gasteiger partial charge in [0.1, 0.15) is 11.0 Å². The van der Waals surface area contributed by atoms with Crippen LogP contribution in [0, 0.1) is 0 Å². The van der Waals surface area contributed by atoms with Crippen LogP contribution in [0.2, 0.25) is 10.0 Å². The fraction of sp³-hybridized carbons (Fsp3) is 0.333. The number of hydrogen-bond donors (Lipinski definition) is 1. The van der Waals surface area contributed by atoms with Gasteiger partial charge in [-0.2, -0.15) is 8.75 Å². The molecule has 1 aromatic heterocycles. The van der Waals surface area contributed by atoms with Crippen molar-refractivity contribution in [2.75, 3.05) is 4.72 Å². The molecule has 0 saturated carbocycles. The van der Waals surface area contributed by atoms with Crippen LogP contribution in [0.3, 0.4) is 0 Å². The van der Waals surface area contributed by atoms with Crippen LogP contribution in [0.1, 0.15) is 13.8 Å². The second-order valence-electron chi connectivity index (χ2n) is 3.87. The van der Waals surface area contributed by atoms with Crippen LogP contribution in [0.5, 0.6) is 0 Å². The topological polar surface area (TPSA) is 72.0 Å². The summed E-state index contributed by atoms with van der Waals surface area (Å²) in [7, 11) is -3.50. The van der Waals surface area contributed by atoms with Crippen molar-refractivity contribution in [2.45, 2.75) is 19.1 Å². The number of halogens is 2. The molecule has 0 aliphatic carbocycles. The second kappa shape index (κ2) is 4.80. The van der Waals surface area contributed by atoms with E-state index >= 15 is 0 Å². The molecule has 0 spiro atoms. The van der Waals surface area contributed by atoms with E-state index < -0.39 is 15.3 Å². The first-order chi connectivity index (χ1) is 8.33. The van der Waals surface area contributed by atoms with Crippen molar-refractivity contribution in [3.63, 3.8) is 0 Å². The number of sulfonamides is 1. The molecule has 0 radical (unpaired) electrons. The summed E-state index contributed by atoms with van der Waals surface area (Å²) in [6.07, 6.45) is 0. The summed E-state index contributed by atoms with van der Waals surface area (Å²) in [5.74, 6) is 0. The van der Waals surface area contributed by atoms with Crippen molar-refractivity contribution >= 4 is 61.7 Å². The Hall–Kier alpha value is -0.630. The molecule has 2 rings (SSSR count). The third-order valence-electron chi connectivity index (χ3n) is 2.31. The molecule has 2 aromatic rings. The molecule has 0 saturated heterocycles. The van der Waals surface area contributed by atoms with E-state index in [1.807, 2.05) is 0 Å². The Morgan fingerprint density at radius 1 is 1.22 bits per heavy atom. The molecular formula is C9H9Cl2N3O2S2. The maximum atomic E-state index is 11.9. The Kier molecular flexibility index (Phi) is 3.68. The Bertz CT molecular complexity index is 697. The normalized spacial score (nSPS) is 12.3. The minimum Gasteiger partial charge on any atom is -0.279 e. The summed E-state index contributed by atoms with van der Waals surface area (Å²) < 4.78 is 34.2. The fourth-order valence-corrected chi connectivity index (χ4v) is 3.17. The van der Waals surface area contributed by atoms with Crippen molar-refractivity contribution in [1.29, 1.82) is 0 Å². The molecule has 0 amide bonds. The van der Waals surface area contributed by atoms with Crippen molar-refractivity contribution < 1.29 is 8.42 Å². The summed E-state index contributed by atoms with van der Waals surface area (Å²) in [6, 6.07) is 1.45. The van der Waals surface area contributed by atoms with Crippen LogP contribution in [-0.2, 0) is 10.0 Å². The highest BCUT2D eigenvalue weighted by atomic mass is 35.5. The lowest BCUT2D eigenvalue weighted by molar-refractivity contribution is 0.593. The molecule has 1 aromatic carbocycles. The van der Waals surface area contributed by atoms with E-state index in [0.717, 1.165) is 11.7 Å². The molecule has 0 fully saturated rings. The van der Waals surface area contributed by atoms with Gasteiger partial charge < -0.3 is 0 Å². The predicted molar refractivity (Wildman–Crippen MR) is 75.1 cm³/mol. The first-order valence-electron chi connectivity index (χ1n) is 4.95. The quantitative estimate of drug-likeness (QED) is 0.940. The van der Waals surface area contributed by atoms with Crippen LogP contribution >= 0.6 is 34.9 Å². The number of benzene rings is 1. The van der Waals surface area contributed by atoms with Gasteiger partial charge in [-0.1, -0.05) is 23.2 Å². The van der Waals surface area contributed by atoms with Crippen LogP contribution in [0.25, 0.3) is 11.0 Å². The predicted octanol–water partition coefficient (Wildman–Crippen LogP) is 3.15. The third kappa shape index (κ3) is 2.40. The van der Waals surface area contributed by atoms with Gasteiger partial charge in [-0.3, -0.25) is 4.72 Å². The lowest BCUT2D eigenvalue weighted by atomic mass is 10.3. The van der Waals surface area contributed by atoms with E-state index in [1.165, 1.54) is 6.07 Å². The SMILES string of the molecule is CC(C)S(=O)(=O)Nc1c(Cl)cc(Cl)c2nsnc12. The van der Waals surface area contributed by atoms with Crippen molar-refractivity contribution in [2.24, 2.45) is 0 Å². The van der Waals surface area contributed by atoms with Gasteiger partial charge in [0.15, 0.2) is 0 Å². The molecule has 1 heterocycles. The maximum absolute atomic E-state index is 11.9. The Morgan fingerprint density at radius 2 is 1.83 bits per heavy atom. The minimum atomic E-state index is -3.50. The monoisotopic (exact) mass is 325 g/mol. The summed E-state index contributed by atoms with van der Waals surface area (Å²) in [4.78, 5) is 0. The molecule has 18 heavy (non-hydrogen) atoms. The lowest BCUT2D eigenvalue weighted by Gasteiger charge is -2.12. The maximum Gasteiger partial charge on any atom is 0.235 e. The number of nitrogens with one attached hydrogen (secondary N) is 1. The highest BCUT2D eigenvalue weighted by molar-refractivity contribution is 7.93. The average molecular weight is 326 g/mol. The number of aromatic nitrogens is 2. The van der Waals surface area contributed by atoms with Crippen molar-refractivity contribution in [1.82, 2.24) is 8.75 Å². The molecule has 0 aliphatic rings. The zero-order valence-corrected chi connectivity index (χ0v) is 12.6. The van der Waals surface area contributed by atoms with Crippen molar-refractivity contribution in [3.8, 4) is 0 Å². The molecule has 98 valence electrons. The van der Waals surface area contributed by atoms with Gasteiger partial charge >= 0.3 is 0 Å². The van der Waals surface area contributed by atoms with E-state index in [9.17, 15) is 8.42 Å². The lowest BCUT2D eigenvalue weighted by Crippen LogP contribution is -2.22. The van der Waals surface area contributed by atoms with E-state index in [-0.39, 0.29) is 10.7 Å². The molecule has 0 unspecified atom stereocenters. The Morgan fingerprint density at radius 3 is 2.44 bits per heavy atom.